The molecule has 5 nitrogen and oxygen atoms in total. The van der Waals surface area contributed by atoms with Crippen molar-refractivity contribution in [2.75, 3.05) is 9.80 Å². The maximum absolute atomic E-state index is 17.4. The fraction of sp³-hybridized carbons (Fsp3) is 0. The van der Waals surface area contributed by atoms with Crippen LogP contribution in [-0.4, -0.2) is 4.92 Å². The number of nitrogens with zero attached hydrogens (tertiary/aromatic N) is 3. The second-order valence-electron chi connectivity index (χ2n) is 14.7. The molecule has 0 saturated heterocycles. The molecule has 0 atom stereocenters. The zero-order valence-electron chi connectivity index (χ0n) is 38.1. The molecular weight excluding hydrogens is 766 g/mol. The molecule has 0 aliphatic heterocycles. The van der Waals surface area contributed by atoms with E-state index < -0.39 is 41.0 Å². The van der Waals surface area contributed by atoms with Gasteiger partial charge in [0.2, 0.25) is 0 Å². The number of hydrogen-bond donors (Lipinski definition) is 0. The summed E-state index contributed by atoms with van der Waals surface area (Å²) in [6, 6.07) is 58.4. The molecule has 10 aromatic rings. The van der Waals surface area contributed by atoms with E-state index in [2.05, 4.69) is 29.2 Å². The zero-order chi connectivity index (χ0) is 46.3. The number of anilines is 6. The van der Waals surface area contributed by atoms with E-state index in [1.165, 1.54) is 17.0 Å². The van der Waals surface area contributed by atoms with Gasteiger partial charge in [-0.1, -0.05) is 164 Å². The molecule has 0 heterocycles. The number of rotatable bonds is 10. The predicted octanol–water partition coefficient (Wildman–Crippen LogP) is 16.0. The van der Waals surface area contributed by atoms with E-state index >= 15 is 4.39 Å². The fourth-order valence-corrected chi connectivity index (χ4v) is 8.33. The Balaban J connectivity index is 1.21. The minimum atomic E-state index is -0.783. The van der Waals surface area contributed by atoms with Gasteiger partial charge in [-0.05, 0) is 93.6 Å². The first kappa shape index (κ1) is 32.5. The lowest BCUT2D eigenvalue weighted by atomic mass is 9.94. The lowest BCUT2D eigenvalue weighted by Gasteiger charge is -2.29. The quantitative estimate of drug-likeness (QED) is 0.102. The van der Waals surface area contributed by atoms with Gasteiger partial charge >= 0.3 is 0 Å². The van der Waals surface area contributed by atoms with Gasteiger partial charge in [-0.25, -0.2) is 4.39 Å². The SMILES string of the molecule is [2H]c1c([2H])c([2H])c(N(c2ccc(-c3ccc(N(c4ccccc4)c4cccc5ccccc45)c4ccccc34)c([N+](=O)[O-])c2)c2c(F)cc(-c3ccccc3)cc2-c2ccccc2)c([2H])c1[2H]. The summed E-state index contributed by atoms with van der Waals surface area (Å²) in [5.41, 5.74) is 4.81. The highest BCUT2D eigenvalue weighted by molar-refractivity contribution is 6.09. The van der Waals surface area contributed by atoms with Crippen molar-refractivity contribution in [2.45, 2.75) is 0 Å². The number of halogens is 1. The average Bonchev–Trinajstić information content (AvgIpc) is 3.37. The molecule has 6 heteroatoms. The van der Waals surface area contributed by atoms with Crippen molar-refractivity contribution in [3.05, 3.63) is 246 Å². The Morgan fingerprint density at radius 1 is 0.452 bits per heavy atom. The van der Waals surface area contributed by atoms with Crippen LogP contribution in [0.25, 0.3) is 54.9 Å². The van der Waals surface area contributed by atoms with Crippen LogP contribution in [0.3, 0.4) is 0 Å². The van der Waals surface area contributed by atoms with Gasteiger partial charge in [0.1, 0.15) is 5.82 Å². The van der Waals surface area contributed by atoms with Gasteiger partial charge < -0.3 is 9.80 Å². The lowest BCUT2D eigenvalue weighted by molar-refractivity contribution is -0.384. The summed E-state index contributed by atoms with van der Waals surface area (Å²) in [4.78, 5) is 16.3. The third-order valence-corrected chi connectivity index (χ3v) is 11.1. The number of fused-ring (bicyclic) bond motifs is 2. The summed E-state index contributed by atoms with van der Waals surface area (Å²) in [6.45, 7) is 0. The summed E-state index contributed by atoms with van der Waals surface area (Å²) in [5, 5.41) is 17.1. The Hall–Kier alpha value is -8.35. The van der Waals surface area contributed by atoms with Gasteiger partial charge in [0.15, 0.2) is 0 Å². The highest BCUT2D eigenvalue weighted by Crippen LogP contribution is 2.48. The molecule has 62 heavy (non-hydrogen) atoms. The molecule has 0 spiro atoms. The van der Waals surface area contributed by atoms with Crippen LogP contribution in [0.1, 0.15) is 6.85 Å². The standard InChI is InChI=1S/C56H38FN3O2/c57-52-37-42(39-18-5-1-6-19-39)36-51(41-20-7-2-8-21-41)56(52)58(43-24-9-3-10-25-43)45-32-33-50(55(38-45)60(61)62)48-34-35-54(49-30-16-15-29-47(48)49)59(44-26-11-4-12-27-44)53-31-17-23-40-22-13-14-28-46(40)53/h1-38H/i3D,9D,10D,24D,25D. The van der Waals surface area contributed by atoms with Crippen molar-refractivity contribution < 1.29 is 16.2 Å². The van der Waals surface area contributed by atoms with Crippen molar-refractivity contribution in [2.24, 2.45) is 0 Å². The molecule has 0 aliphatic rings. The molecule has 0 amide bonds. The average molecular weight is 809 g/mol. The van der Waals surface area contributed by atoms with Crippen molar-refractivity contribution >= 4 is 61.4 Å². The Kier molecular flexibility index (Phi) is 8.58. The van der Waals surface area contributed by atoms with Gasteiger partial charge in [0.25, 0.3) is 5.69 Å². The molecule has 0 N–H and O–H groups in total. The van der Waals surface area contributed by atoms with E-state index in [-0.39, 0.29) is 28.3 Å². The summed E-state index contributed by atoms with van der Waals surface area (Å²) >= 11 is 0. The minimum Gasteiger partial charge on any atom is -0.309 e. The summed E-state index contributed by atoms with van der Waals surface area (Å²) in [5.74, 6) is -0.783. The van der Waals surface area contributed by atoms with Crippen LogP contribution in [0.4, 0.5) is 44.2 Å². The number of para-hydroxylation sites is 2. The highest BCUT2D eigenvalue weighted by Gasteiger charge is 2.27. The molecule has 0 radical (unpaired) electrons. The van der Waals surface area contributed by atoms with Gasteiger partial charge in [0.05, 0.1) is 40.1 Å². The molecule has 296 valence electrons. The van der Waals surface area contributed by atoms with Crippen LogP contribution < -0.4 is 9.80 Å². The number of nitro groups is 1. The van der Waals surface area contributed by atoms with Gasteiger partial charge in [0, 0.05) is 33.8 Å². The number of benzene rings is 10. The van der Waals surface area contributed by atoms with Crippen molar-refractivity contribution in [1.82, 2.24) is 0 Å². The second-order valence-corrected chi connectivity index (χ2v) is 14.7. The summed E-state index contributed by atoms with van der Waals surface area (Å²) in [7, 11) is 0. The first-order chi connectivity index (χ1) is 32.6. The Labute approximate surface area is 366 Å². The Bertz CT molecular complexity index is 3510. The molecule has 0 bridgehead atoms. The molecule has 0 unspecified atom stereocenters. The van der Waals surface area contributed by atoms with E-state index in [9.17, 15) is 10.1 Å². The van der Waals surface area contributed by atoms with E-state index in [1.807, 2.05) is 121 Å². The minimum absolute atomic E-state index is 0.00431. The molecule has 0 fully saturated rings. The van der Waals surface area contributed by atoms with E-state index in [1.54, 1.807) is 42.5 Å². The maximum Gasteiger partial charge on any atom is 0.279 e. The normalized spacial score (nSPS) is 12.2. The molecule has 0 aromatic heterocycles. The van der Waals surface area contributed by atoms with Crippen LogP contribution in [-0.2, 0) is 0 Å². The smallest absolute Gasteiger partial charge is 0.279 e. The molecule has 0 aliphatic carbocycles. The van der Waals surface area contributed by atoms with Crippen molar-refractivity contribution in [3.8, 4) is 33.4 Å². The van der Waals surface area contributed by atoms with Crippen LogP contribution in [0.2, 0.25) is 0 Å². The first-order valence-corrected chi connectivity index (χ1v) is 20.1. The highest BCUT2D eigenvalue weighted by atomic mass is 19.1. The zero-order valence-corrected chi connectivity index (χ0v) is 33.1. The largest absolute Gasteiger partial charge is 0.309 e. The van der Waals surface area contributed by atoms with Crippen LogP contribution in [0.15, 0.2) is 230 Å². The summed E-state index contributed by atoms with van der Waals surface area (Å²) in [6.07, 6.45) is 0. The van der Waals surface area contributed by atoms with Crippen molar-refractivity contribution in [3.63, 3.8) is 0 Å². The second kappa shape index (κ2) is 16.4. The third-order valence-electron chi connectivity index (χ3n) is 11.1. The van der Waals surface area contributed by atoms with Gasteiger partial charge in [-0.15, -0.1) is 0 Å². The number of hydrogen-bond acceptors (Lipinski definition) is 4. The van der Waals surface area contributed by atoms with Gasteiger partial charge in [-0.3, -0.25) is 10.1 Å². The van der Waals surface area contributed by atoms with Crippen LogP contribution in [0, 0.1) is 15.9 Å². The van der Waals surface area contributed by atoms with Crippen molar-refractivity contribution in [1.29, 1.82) is 0 Å². The lowest BCUT2D eigenvalue weighted by Crippen LogP contribution is -2.14. The predicted molar refractivity (Wildman–Crippen MR) is 254 cm³/mol. The van der Waals surface area contributed by atoms with E-state index in [0.29, 0.717) is 22.3 Å². The van der Waals surface area contributed by atoms with E-state index in [0.717, 1.165) is 44.2 Å². The van der Waals surface area contributed by atoms with Gasteiger partial charge in [-0.2, -0.15) is 0 Å². The summed E-state index contributed by atoms with van der Waals surface area (Å²) < 4.78 is 61.4. The molecule has 0 saturated carbocycles. The Morgan fingerprint density at radius 2 is 1.05 bits per heavy atom. The Morgan fingerprint density at radius 3 is 1.77 bits per heavy atom. The first-order valence-electron chi connectivity index (χ1n) is 22.6. The molecule has 10 rings (SSSR count). The number of nitro benzene ring substituents is 1. The molecule has 10 aromatic carbocycles. The molecular formula is C56H38FN3O2. The maximum atomic E-state index is 17.4. The van der Waals surface area contributed by atoms with Crippen LogP contribution in [0.5, 0.6) is 0 Å². The monoisotopic (exact) mass is 808 g/mol. The fourth-order valence-electron chi connectivity index (χ4n) is 8.33. The topological polar surface area (TPSA) is 49.6 Å². The third kappa shape index (κ3) is 6.99. The van der Waals surface area contributed by atoms with E-state index in [4.69, 9.17) is 6.85 Å². The van der Waals surface area contributed by atoms with Crippen LogP contribution >= 0.6 is 0 Å².